The molecular formula is C17H25NO2. The second-order valence-electron chi connectivity index (χ2n) is 5.82. The molecule has 1 aromatic rings. The van der Waals surface area contributed by atoms with Gasteiger partial charge in [-0.3, -0.25) is 9.69 Å². The summed E-state index contributed by atoms with van der Waals surface area (Å²) in [4.78, 5) is 14.5. The van der Waals surface area contributed by atoms with Gasteiger partial charge in [-0.1, -0.05) is 37.6 Å². The maximum Gasteiger partial charge on any atom is 0.176 e. The lowest BCUT2D eigenvalue weighted by Gasteiger charge is -2.34. The first-order valence-electron chi connectivity index (χ1n) is 7.58. The monoisotopic (exact) mass is 275 g/mol. The van der Waals surface area contributed by atoms with Crippen molar-refractivity contribution in [3.63, 3.8) is 0 Å². The van der Waals surface area contributed by atoms with Crippen molar-refractivity contribution in [3.05, 3.63) is 35.4 Å². The van der Waals surface area contributed by atoms with Gasteiger partial charge in [0.2, 0.25) is 0 Å². The van der Waals surface area contributed by atoms with E-state index < -0.39 is 0 Å². The van der Waals surface area contributed by atoms with Crippen molar-refractivity contribution in [2.45, 2.75) is 45.8 Å². The summed E-state index contributed by atoms with van der Waals surface area (Å²) >= 11 is 0. The summed E-state index contributed by atoms with van der Waals surface area (Å²) in [5.74, 6) is 0.203. The van der Waals surface area contributed by atoms with Gasteiger partial charge in [-0.25, -0.2) is 0 Å². The first-order chi connectivity index (χ1) is 9.58. The zero-order valence-corrected chi connectivity index (χ0v) is 12.8. The fraction of sp³-hybridized carbons (Fsp3) is 0.588. The second-order valence-corrected chi connectivity index (χ2v) is 5.82. The minimum atomic E-state index is 0.203. The fourth-order valence-electron chi connectivity index (χ4n) is 2.85. The molecule has 0 radical (unpaired) electrons. The Bertz CT molecular complexity index is 431. The Morgan fingerprint density at radius 2 is 1.80 bits per heavy atom. The van der Waals surface area contributed by atoms with E-state index in [1.807, 2.05) is 12.1 Å². The Balaban J connectivity index is 1.93. The standard InChI is InChI=1S/C17H25NO2/c1-4-5-15-6-8-16(9-7-15)17(19)12-18-10-13(2)20-14(3)11-18/h6-9,13-14H,4-5,10-12H2,1-3H3. The molecule has 3 nitrogen and oxygen atoms in total. The van der Waals surface area contributed by atoms with Gasteiger partial charge in [-0.15, -0.1) is 0 Å². The lowest BCUT2D eigenvalue weighted by Crippen LogP contribution is -2.47. The number of benzene rings is 1. The van der Waals surface area contributed by atoms with Gasteiger partial charge in [0.15, 0.2) is 5.78 Å². The second kappa shape index (κ2) is 7.00. The van der Waals surface area contributed by atoms with Crippen LogP contribution in [0.4, 0.5) is 0 Å². The van der Waals surface area contributed by atoms with E-state index >= 15 is 0 Å². The van der Waals surface area contributed by atoms with Gasteiger partial charge >= 0.3 is 0 Å². The molecule has 0 aromatic heterocycles. The van der Waals surface area contributed by atoms with Gasteiger partial charge in [0.25, 0.3) is 0 Å². The van der Waals surface area contributed by atoms with Crippen molar-refractivity contribution in [1.82, 2.24) is 4.90 Å². The van der Waals surface area contributed by atoms with E-state index in [1.54, 1.807) is 0 Å². The summed E-state index contributed by atoms with van der Waals surface area (Å²) in [5.41, 5.74) is 2.12. The number of carbonyl (C=O) groups is 1. The summed E-state index contributed by atoms with van der Waals surface area (Å²) < 4.78 is 5.69. The van der Waals surface area contributed by atoms with Crippen LogP contribution in [0.3, 0.4) is 0 Å². The number of hydrogen-bond donors (Lipinski definition) is 0. The van der Waals surface area contributed by atoms with Crippen molar-refractivity contribution in [1.29, 1.82) is 0 Å². The van der Waals surface area contributed by atoms with E-state index in [0.717, 1.165) is 31.5 Å². The van der Waals surface area contributed by atoms with E-state index in [-0.39, 0.29) is 18.0 Å². The number of nitrogens with zero attached hydrogens (tertiary/aromatic N) is 1. The highest BCUT2D eigenvalue weighted by Crippen LogP contribution is 2.13. The highest BCUT2D eigenvalue weighted by Gasteiger charge is 2.23. The molecule has 110 valence electrons. The number of hydrogen-bond acceptors (Lipinski definition) is 3. The van der Waals surface area contributed by atoms with Gasteiger partial charge in [0.1, 0.15) is 0 Å². The first kappa shape index (κ1) is 15.2. The molecule has 1 aliphatic heterocycles. The molecule has 1 saturated heterocycles. The van der Waals surface area contributed by atoms with E-state index in [9.17, 15) is 4.79 Å². The van der Waals surface area contributed by atoms with Crippen LogP contribution in [0.15, 0.2) is 24.3 Å². The van der Waals surface area contributed by atoms with Crippen molar-refractivity contribution >= 4 is 5.78 Å². The number of rotatable bonds is 5. The maximum absolute atomic E-state index is 12.3. The molecule has 1 fully saturated rings. The van der Waals surface area contributed by atoms with E-state index in [2.05, 4.69) is 37.8 Å². The van der Waals surface area contributed by atoms with Crippen LogP contribution in [0.25, 0.3) is 0 Å². The highest BCUT2D eigenvalue weighted by atomic mass is 16.5. The first-order valence-corrected chi connectivity index (χ1v) is 7.58. The van der Waals surface area contributed by atoms with Gasteiger partial charge in [-0.2, -0.15) is 0 Å². The van der Waals surface area contributed by atoms with Crippen LogP contribution in [0.2, 0.25) is 0 Å². The fourth-order valence-corrected chi connectivity index (χ4v) is 2.85. The lowest BCUT2D eigenvalue weighted by atomic mass is 10.0. The third kappa shape index (κ3) is 4.15. The molecule has 2 rings (SSSR count). The molecule has 0 bridgehead atoms. The molecule has 0 saturated carbocycles. The van der Waals surface area contributed by atoms with E-state index in [4.69, 9.17) is 4.74 Å². The number of carbonyl (C=O) groups excluding carboxylic acids is 1. The number of ether oxygens (including phenoxy) is 1. The molecule has 1 heterocycles. The molecule has 20 heavy (non-hydrogen) atoms. The number of ketones is 1. The lowest BCUT2D eigenvalue weighted by molar-refractivity contribution is -0.0652. The van der Waals surface area contributed by atoms with Crippen molar-refractivity contribution < 1.29 is 9.53 Å². The van der Waals surface area contributed by atoms with Crippen LogP contribution in [-0.4, -0.2) is 42.5 Å². The van der Waals surface area contributed by atoms with Gasteiger partial charge < -0.3 is 4.74 Å². The molecule has 3 heteroatoms. The largest absolute Gasteiger partial charge is 0.373 e. The zero-order valence-electron chi connectivity index (χ0n) is 12.8. The Hall–Kier alpha value is -1.19. The van der Waals surface area contributed by atoms with Crippen molar-refractivity contribution in [2.24, 2.45) is 0 Å². The molecule has 0 N–H and O–H groups in total. The van der Waals surface area contributed by atoms with E-state index in [0.29, 0.717) is 6.54 Å². The maximum atomic E-state index is 12.3. The van der Waals surface area contributed by atoms with Gasteiger partial charge in [-0.05, 0) is 25.8 Å². The molecule has 2 atom stereocenters. The van der Waals surface area contributed by atoms with Crippen LogP contribution >= 0.6 is 0 Å². The molecule has 1 aliphatic rings. The Labute approximate surface area is 121 Å². The van der Waals surface area contributed by atoms with Crippen LogP contribution in [-0.2, 0) is 11.2 Å². The van der Waals surface area contributed by atoms with Crippen LogP contribution in [0.5, 0.6) is 0 Å². The quantitative estimate of drug-likeness (QED) is 0.774. The number of morpholine rings is 1. The van der Waals surface area contributed by atoms with Crippen molar-refractivity contribution in [3.8, 4) is 0 Å². The summed E-state index contributed by atoms with van der Waals surface area (Å²) in [6, 6.07) is 8.06. The zero-order chi connectivity index (χ0) is 14.5. The molecule has 1 aromatic carbocycles. The Morgan fingerprint density at radius 3 is 2.35 bits per heavy atom. The molecular weight excluding hydrogens is 250 g/mol. The van der Waals surface area contributed by atoms with Crippen LogP contribution in [0.1, 0.15) is 43.1 Å². The molecule has 0 amide bonds. The predicted octanol–water partition coefficient (Wildman–Crippen LogP) is 2.93. The average Bonchev–Trinajstić information content (AvgIpc) is 2.38. The third-order valence-electron chi connectivity index (χ3n) is 3.68. The smallest absolute Gasteiger partial charge is 0.176 e. The average molecular weight is 275 g/mol. The third-order valence-corrected chi connectivity index (χ3v) is 3.68. The predicted molar refractivity (Wildman–Crippen MR) is 81.2 cm³/mol. The highest BCUT2D eigenvalue weighted by molar-refractivity contribution is 5.97. The molecule has 0 spiro atoms. The minimum absolute atomic E-state index is 0.203. The molecule has 2 unspecified atom stereocenters. The Kier molecular flexibility index (Phi) is 5.32. The minimum Gasteiger partial charge on any atom is -0.373 e. The van der Waals surface area contributed by atoms with Crippen molar-refractivity contribution in [2.75, 3.05) is 19.6 Å². The summed E-state index contributed by atoms with van der Waals surface area (Å²) in [6.07, 6.45) is 2.63. The SMILES string of the molecule is CCCc1ccc(C(=O)CN2CC(C)OC(C)C2)cc1. The summed E-state index contributed by atoms with van der Waals surface area (Å²) in [7, 11) is 0. The topological polar surface area (TPSA) is 29.5 Å². The summed E-state index contributed by atoms with van der Waals surface area (Å²) in [6.45, 7) is 8.46. The Morgan fingerprint density at radius 1 is 1.20 bits per heavy atom. The van der Waals surface area contributed by atoms with Crippen LogP contribution in [0, 0.1) is 0 Å². The van der Waals surface area contributed by atoms with Gasteiger partial charge in [0, 0.05) is 18.7 Å². The van der Waals surface area contributed by atoms with Gasteiger partial charge in [0.05, 0.1) is 18.8 Å². The number of Topliss-reactive ketones (excluding diaryl/α,β-unsaturated/α-hetero) is 1. The number of aryl methyl sites for hydroxylation is 1. The normalized spacial score (nSPS) is 23.8. The summed E-state index contributed by atoms with van der Waals surface area (Å²) in [5, 5.41) is 0. The molecule has 0 aliphatic carbocycles. The van der Waals surface area contributed by atoms with E-state index in [1.165, 1.54) is 5.56 Å². The van der Waals surface area contributed by atoms with Crippen LogP contribution < -0.4 is 0 Å².